The summed E-state index contributed by atoms with van der Waals surface area (Å²) in [7, 11) is 0. The molecule has 0 bridgehead atoms. The summed E-state index contributed by atoms with van der Waals surface area (Å²) in [4.78, 5) is 10.1. The van der Waals surface area contributed by atoms with Crippen LogP contribution in [0.3, 0.4) is 0 Å². The SMILES string of the molecule is N=C(Cl)C(C(=N)Cl)C(=O)O. The molecule has 4 nitrogen and oxygen atoms in total. The van der Waals surface area contributed by atoms with Gasteiger partial charge in [-0.25, -0.2) is 0 Å². The number of carboxylic acid groups (broad SMARTS) is 1. The number of nitrogens with one attached hydrogen (secondary N) is 2. The summed E-state index contributed by atoms with van der Waals surface area (Å²) >= 11 is 10.0. The zero-order chi connectivity index (χ0) is 8.31. The molecule has 3 N–H and O–H groups in total. The van der Waals surface area contributed by atoms with E-state index in [-0.39, 0.29) is 0 Å². The number of hydrogen-bond donors (Lipinski definition) is 3. The average molecular weight is 183 g/mol. The third-order valence-corrected chi connectivity index (χ3v) is 1.19. The molecule has 0 aromatic carbocycles. The second kappa shape index (κ2) is 3.53. The molecule has 0 rings (SSSR count). The van der Waals surface area contributed by atoms with Crippen molar-refractivity contribution >= 4 is 39.5 Å². The number of rotatable bonds is 3. The first kappa shape index (κ1) is 9.39. The van der Waals surface area contributed by atoms with Crippen LogP contribution in [-0.2, 0) is 4.79 Å². The molecule has 0 aliphatic rings. The van der Waals surface area contributed by atoms with Gasteiger partial charge in [-0.1, -0.05) is 23.2 Å². The van der Waals surface area contributed by atoms with Gasteiger partial charge in [-0.3, -0.25) is 15.6 Å². The molecular weight excluding hydrogens is 179 g/mol. The first-order chi connectivity index (χ1) is 4.46. The molecule has 0 saturated carbocycles. The summed E-state index contributed by atoms with van der Waals surface area (Å²) in [6.07, 6.45) is 0. The fourth-order valence-corrected chi connectivity index (χ4v) is 0.789. The van der Waals surface area contributed by atoms with Crippen LogP contribution in [0, 0.1) is 16.7 Å². The lowest BCUT2D eigenvalue weighted by molar-refractivity contribution is -0.137. The highest BCUT2D eigenvalue weighted by Crippen LogP contribution is 2.07. The van der Waals surface area contributed by atoms with Gasteiger partial charge in [0.2, 0.25) is 0 Å². The number of carbonyl (C=O) groups is 1. The third kappa shape index (κ3) is 2.33. The highest BCUT2D eigenvalue weighted by atomic mass is 35.5. The minimum absolute atomic E-state index is 0.660. The van der Waals surface area contributed by atoms with Crippen LogP contribution in [-0.4, -0.2) is 21.4 Å². The van der Waals surface area contributed by atoms with Gasteiger partial charge in [-0.15, -0.1) is 0 Å². The molecule has 0 heterocycles. The molecule has 0 amide bonds. The van der Waals surface area contributed by atoms with Crippen LogP contribution >= 0.6 is 23.2 Å². The van der Waals surface area contributed by atoms with E-state index in [1.807, 2.05) is 0 Å². The Morgan fingerprint density at radius 2 is 1.60 bits per heavy atom. The Kier molecular flexibility index (Phi) is 3.32. The molecule has 0 aromatic heterocycles. The number of aliphatic carboxylic acids is 1. The molecule has 0 spiro atoms. The molecule has 0 saturated heterocycles. The second-order valence-electron chi connectivity index (χ2n) is 1.47. The van der Waals surface area contributed by atoms with Crippen LogP contribution in [0.1, 0.15) is 0 Å². The lowest BCUT2D eigenvalue weighted by Gasteiger charge is -2.03. The van der Waals surface area contributed by atoms with Crippen molar-refractivity contribution in [1.82, 2.24) is 0 Å². The highest BCUT2D eigenvalue weighted by molar-refractivity contribution is 6.76. The molecule has 0 unspecified atom stereocenters. The van der Waals surface area contributed by atoms with Crippen molar-refractivity contribution in [2.75, 3.05) is 0 Å². The predicted octanol–water partition coefficient (Wildman–Crippen LogP) is 1.12. The van der Waals surface area contributed by atoms with Gasteiger partial charge in [0.25, 0.3) is 0 Å². The molecule has 56 valence electrons. The Labute approximate surface area is 66.8 Å². The van der Waals surface area contributed by atoms with Crippen molar-refractivity contribution in [3.8, 4) is 0 Å². The summed E-state index contributed by atoms with van der Waals surface area (Å²) in [5.74, 6) is -2.89. The molecule has 0 aliphatic carbocycles. The quantitative estimate of drug-likeness (QED) is 0.572. The maximum Gasteiger partial charge on any atom is 0.320 e. The van der Waals surface area contributed by atoms with E-state index < -0.39 is 22.2 Å². The molecule has 6 heteroatoms. The van der Waals surface area contributed by atoms with E-state index in [1.54, 1.807) is 0 Å². The monoisotopic (exact) mass is 182 g/mol. The topological polar surface area (TPSA) is 85.0 Å². The number of halogens is 2. The fourth-order valence-electron chi connectivity index (χ4n) is 0.328. The summed E-state index contributed by atoms with van der Waals surface area (Å²) in [6.45, 7) is 0. The fraction of sp³-hybridized carbons (Fsp3) is 0.250. The van der Waals surface area contributed by atoms with Gasteiger partial charge in [0.1, 0.15) is 10.3 Å². The Balaban J connectivity index is 4.43. The molecule has 10 heavy (non-hydrogen) atoms. The molecule has 0 atom stereocenters. The number of carboxylic acids is 1. The van der Waals surface area contributed by atoms with E-state index in [4.69, 9.17) is 39.1 Å². The minimum atomic E-state index is -1.50. The summed E-state index contributed by atoms with van der Waals surface area (Å²) in [5, 5.41) is 20.3. The normalized spacial score (nSPS) is 12.2. The second-order valence-corrected chi connectivity index (χ2v) is 2.28. The van der Waals surface area contributed by atoms with Crippen molar-refractivity contribution in [2.24, 2.45) is 5.92 Å². The van der Waals surface area contributed by atoms with Gasteiger partial charge in [-0.05, 0) is 0 Å². The lowest BCUT2D eigenvalue weighted by atomic mass is 10.2. The molecule has 0 radical (unpaired) electrons. The van der Waals surface area contributed by atoms with Gasteiger partial charge < -0.3 is 5.11 Å². The van der Waals surface area contributed by atoms with Crippen LogP contribution < -0.4 is 0 Å². The first-order valence-electron chi connectivity index (χ1n) is 2.17. The smallest absolute Gasteiger partial charge is 0.320 e. The number of hydrogen-bond acceptors (Lipinski definition) is 3. The van der Waals surface area contributed by atoms with E-state index in [2.05, 4.69) is 0 Å². The van der Waals surface area contributed by atoms with Crippen LogP contribution in [0.4, 0.5) is 0 Å². The van der Waals surface area contributed by atoms with Gasteiger partial charge in [0, 0.05) is 0 Å². The van der Waals surface area contributed by atoms with Gasteiger partial charge in [-0.2, -0.15) is 0 Å². The van der Waals surface area contributed by atoms with Gasteiger partial charge in [0.05, 0.1) is 0 Å². The van der Waals surface area contributed by atoms with Crippen molar-refractivity contribution in [3.63, 3.8) is 0 Å². The predicted molar refractivity (Wildman–Crippen MR) is 38.3 cm³/mol. The standard InChI is InChI=1S/C4H4Cl2N2O2/c5-2(7)1(3(6)8)4(9)10/h1,7-8H,(H,9,10). The van der Waals surface area contributed by atoms with Crippen molar-refractivity contribution in [1.29, 1.82) is 10.8 Å². The third-order valence-electron chi connectivity index (χ3n) is 0.754. The van der Waals surface area contributed by atoms with Crippen LogP contribution in [0.15, 0.2) is 0 Å². The lowest BCUT2D eigenvalue weighted by Crippen LogP contribution is -2.24. The molecular formula is C4H4Cl2N2O2. The van der Waals surface area contributed by atoms with E-state index in [9.17, 15) is 4.79 Å². The minimum Gasteiger partial charge on any atom is -0.480 e. The van der Waals surface area contributed by atoms with Crippen molar-refractivity contribution in [3.05, 3.63) is 0 Å². The van der Waals surface area contributed by atoms with Crippen molar-refractivity contribution < 1.29 is 9.90 Å². The maximum absolute atomic E-state index is 10.1. The highest BCUT2D eigenvalue weighted by Gasteiger charge is 2.25. The molecule has 0 fully saturated rings. The Bertz CT molecular complexity index is 158. The van der Waals surface area contributed by atoms with Gasteiger partial charge in [0.15, 0.2) is 5.92 Å². The Hall–Kier alpha value is -0.610. The zero-order valence-corrected chi connectivity index (χ0v) is 6.20. The average Bonchev–Trinajstić information content (AvgIpc) is 1.59. The van der Waals surface area contributed by atoms with Crippen LogP contribution in [0.25, 0.3) is 0 Å². The maximum atomic E-state index is 10.1. The van der Waals surface area contributed by atoms with E-state index in [0.717, 1.165) is 0 Å². The van der Waals surface area contributed by atoms with E-state index >= 15 is 0 Å². The zero-order valence-electron chi connectivity index (χ0n) is 4.69. The van der Waals surface area contributed by atoms with Crippen LogP contribution in [0.2, 0.25) is 0 Å². The van der Waals surface area contributed by atoms with E-state index in [1.165, 1.54) is 0 Å². The summed E-state index contributed by atoms with van der Waals surface area (Å²) in [6, 6.07) is 0. The van der Waals surface area contributed by atoms with E-state index in [0.29, 0.717) is 0 Å². The Morgan fingerprint density at radius 1 is 1.30 bits per heavy atom. The molecule has 0 aromatic rings. The van der Waals surface area contributed by atoms with Crippen molar-refractivity contribution in [2.45, 2.75) is 0 Å². The molecule has 0 aliphatic heterocycles. The first-order valence-corrected chi connectivity index (χ1v) is 2.93. The van der Waals surface area contributed by atoms with Gasteiger partial charge >= 0.3 is 5.97 Å². The summed E-state index contributed by atoms with van der Waals surface area (Å²) < 4.78 is 0. The largest absolute Gasteiger partial charge is 0.480 e. The Morgan fingerprint density at radius 3 is 1.60 bits per heavy atom. The van der Waals surface area contributed by atoms with Crippen LogP contribution in [0.5, 0.6) is 0 Å². The summed E-state index contributed by atoms with van der Waals surface area (Å²) in [5.41, 5.74) is 0.